The zero-order chi connectivity index (χ0) is 13.2. The van der Waals surface area contributed by atoms with Gasteiger partial charge in [0.2, 0.25) is 5.91 Å². The molecule has 0 radical (unpaired) electrons. The molecule has 18 heavy (non-hydrogen) atoms. The van der Waals surface area contributed by atoms with E-state index in [-0.39, 0.29) is 17.2 Å². The molecule has 1 aliphatic heterocycles. The fraction of sp³-hybridized carbons (Fsp3) is 0.417. The summed E-state index contributed by atoms with van der Waals surface area (Å²) in [5.41, 5.74) is 0.694. The second-order valence-electron chi connectivity index (χ2n) is 4.35. The van der Waals surface area contributed by atoms with Crippen molar-refractivity contribution in [3.05, 3.63) is 29.8 Å². The number of amides is 1. The lowest BCUT2D eigenvalue weighted by Crippen LogP contribution is -2.29. The molecule has 2 rings (SSSR count). The molecule has 0 bridgehead atoms. The largest absolute Gasteiger partial charge is 0.342 e. The molecule has 1 amide bonds. The number of rotatable bonds is 3. The molecule has 1 aliphatic rings. The third-order valence-corrected chi connectivity index (χ3v) is 3.85. The third kappa shape index (κ3) is 3.07. The van der Waals surface area contributed by atoms with E-state index in [0.29, 0.717) is 5.56 Å². The SMILES string of the molecule is O=C(Cc1ccc(S(=O)(=O)F)cc1)N1CCCC1. The molecule has 0 N–H and O–H groups in total. The maximum Gasteiger partial charge on any atom is 0.332 e. The van der Waals surface area contributed by atoms with E-state index in [2.05, 4.69) is 0 Å². The first-order valence-electron chi connectivity index (χ1n) is 5.78. The summed E-state index contributed by atoms with van der Waals surface area (Å²) >= 11 is 0. The second kappa shape index (κ2) is 5.06. The predicted molar refractivity (Wildman–Crippen MR) is 64.3 cm³/mol. The maximum atomic E-state index is 12.7. The van der Waals surface area contributed by atoms with Crippen LogP contribution >= 0.6 is 0 Å². The van der Waals surface area contributed by atoms with Crippen LogP contribution in [0.4, 0.5) is 3.89 Å². The van der Waals surface area contributed by atoms with Crippen LogP contribution in [0.1, 0.15) is 18.4 Å². The summed E-state index contributed by atoms with van der Waals surface area (Å²) < 4.78 is 33.9. The molecular formula is C12H14FNO3S. The average Bonchev–Trinajstić information content (AvgIpc) is 2.82. The fourth-order valence-electron chi connectivity index (χ4n) is 2.02. The lowest BCUT2D eigenvalue weighted by Gasteiger charge is -2.14. The quantitative estimate of drug-likeness (QED) is 0.783. The lowest BCUT2D eigenvalue weighted by molar-refractivity contribution is -0.129. The van der Waals surface area contributed by atoms with Crippen LogP contribution in [0, 0.1) is 0 Å². The zero-order valence-electron chi connectivity index (χ0n) is 9.80. The van der Waals surface area contributed by atoms with Gasteiger partial charge in [-0.3, -0.25) is 4.79 Å². The Bertz CT molecular complexity index is 533. The zero-order valence-corrected chi connectivity index (χ0v) is 10.6. The summed E-state index contributed by atoms with van der Waals surface area (Å²) in [5.74, 6) is 0.0309. The number of halogens is 1. The summed E-state index contributed by atoms with van der Waals surface area (Å²) in [6.45, 7) is 1.57. The first kappa shape index (κ1) is 13.0. The van der Waals surface area contributed by atoms with Gasteiger partial charge in [-0.25, -0.2) is 0 Å². The van der Waals surface area contributed by atoms with Crippen molar-refractivity contribution in [3.8, 4) is 0 Å². The van der Waals surface area contributed by atoms with Gasteiger partial charge in [-0.2, -0.15) is 8.42 Å². The first-order chi connectivity index (χ1) is 8.47. The molecular weight excluding hydrogens is 257 g/mol. The van der Waals surface area contributed by atoms with E-state index in [9.17, 15) is 17.1 Å². The Labute approximate surface area is 106 Å². The first-order valence-corrected chi connectivity index (χ1v) is 7.16. The number of hydrogen-bond donors (Lipinski definition) is 0. The Morgan fingerprint density at radius 3 is 2.22 bits per heavy atom. The summed E-state index contributed by atoms with van der Waals surface area (Å²) in [4.78, 5) is 13.2. The van der Waals surface area contributed by atoms with E-state index < -0.39 is 10.2 Å². The highest BCUT2D eigenvalue weighted by atomic mass is 32.3. The van der Waals surface area contributed by atoms with Crippen LogP contribution in [0.5, 0.6) is 0 Å². The van der Waals surface area contributed by atoms with Crippen molar-refractivity contribution in [2.24, 2.45) is 0 Å². The molecule has 98 valence electrons. The number of carbonyl (C=O) groups excluding carboxylic acids is 1. The van der Waals surface area contributed by atoms with E-state index in [0.717, 1.165) is 25.9 Å². The number of hydrogen-bond acceptors (Lipinski definition) is 3. The maximum absolute atomic E-state index is 12.7. The Balaban J connectivity index is 2.04. The third-order valence-electron chi connectivity index (χ3n) is 3.02. The van der Waals surface area contributed by atoms with Crippen molar-refractivity contribution in [1.29, 1.82) is 0 Å². The number of benzene rings is 1. The van der Waals surface area contributed by atoms with Gasteiger partial charge in [-0.05, 0) is 30.5 Å². The van der Waals surface area contributed by atoms with Crippen LogP contribution in [0.25, 0.3) is 0 Å². The van der Waals surface area contributed by atoms with Crippen LogP contribution in [-0.4, -0.2) is 32.3 Å². The van der Waals surface area contributed by atoms with Crippen LogP contribution in [0.15, 0.2) is 29.2 Å². The van der Waals surface area contributed by atoms with Gasteiger partial charge in [0, 0.05) is 13.1 Å². The van der Waals surface area contributed by atoms with Crippen molar-refractivity contribution < 1.29 is 17.1 Å². The normalized spacial score (nSPS) is 15.9. The van der Waals surface area contributed by atoms with Crippen molar-refractivity contribution in [1.82, 2.24) is 4.90 Å². The van der Waals surface area contributed by atoms with Gasteiger partial charge in [-0.15, -0.1) is 3.89 Å². The van der Waals surface area contributed by atoms with Gasteiger partial charge in [0.05, 0.1) is 11.3 Å². The monoisotopic (exact) mass is 271 g/mol. The number of nitrogens with zero attached hydrogens (tertiary/aromatic N) is 1. The Morgan fingerprint density at radius 1 is 1.17 bits per heavy atom. The molecule has 1 aromatic carbocycles. The van der Waals surface area contributed by atoms with Gasteiger partial charge in [0.15, 0.2) is 0 Å². The minimum Gasteiger partial charge on any atom is -0.342 e. The standard InChI is InChI=1S/C12H14FNO3S/c13-18(16,17)11-5-3-10(4-6-11)9-12(15)14-7-1-2-8-14/h3-6H,1-2,7-9H2. The fourth-order valence-corrected chi connectivity index (χ4v) is 2.48. The summed E-state index contributed by atoms with van der Waals surface area (Å²) in [6, 6.07) is 5.31. The minimum atomic E-state index is -4.66. The number of likely N-dealkylation sites (tertiary alicyclic amines) is 1. The Kier molecular flexibility index (Phi) is 3.65. The summed E-state index contributed by atoms with van der Waals surface area (Å²) in [6.07, 6.45) is 2.29. The molecule has 0 unspecified atom stereocenters. The van der Waals surface area contributed by atoms with Gasteiger partial charge in [-0.1, -0.05) is 12.1 Å². The molecule has 0 spiro atoms. The summed E-state index contributed by atoms with van der Waals surface area (Å²) in [7, 11) is -4.66. The summed E-state index contributed by atoms with van der Waals surface area (Å²) in [5, 5.41) is 0. The topological polar surface area (TPSA) is 54.5 Å². The highest BCUT2D eigenvalue weighted by Gasteiger charge is 2.18. The van der Waals surface area contributed by atoms with Gasteiger partial charge >= 0.3 is 10.2 Å². The minimum absolute atomic E-state index is 0.0309. The Hall–Kier alpha value is -1.43. The van der Waals surface area contributed by atoms with Crippen molar-refractivity contribution in [2.75, 3.05) is 13.1 Å². The van der Waals surface area contributed by atoms with E-state index >= 15 is 0 Å². The molecule has 0 atom stereocenters. The van der Waals surface area contributed by atoms with Crippen LogP contribution in [0.2, 0.25) is 0 Å². The predicted octanol–water partition coefficient (Wildman–Crippen LogP) is 1.51. The molecule has 4 nitrogen and oxygen atoms in total. The molecule has 0 saturated carbocycles. The van der Waals surface area contributed by atoms with Gasteiger partial charge in [0.1, 0.15) is 0 Å². The van der Waals surface area contributed by atoms with E-state index in [4.69, 9.17) is 0 Å². The average molecular weight is 271 g/mol. The smallest absolute Gasteiger partial charge is 0.332 e. The second-order valence-corrected chi connectivity index (χ2v) is 5.69. The van der Waals surface area contributed by atoms with E-state index in [1.165, 1.54) is 24.3 Å². The van der Waals surface area contributed by atoms with Gasteiger partial charge in [0.25, 0.3) is 0 Å². The molecule has 1 heterocycles. The van der Waals surface area contributed by atoms with Crippen molar-refractivity contribution >= 4 is 16.1 Å². The van der Waals surface area contributed by atoms with Crippen molar-refractivity contribution in [3.63, 3.8) is 0 Å². The van der Waals surface area contributed by atoms with Crippen LogP contribution < -0.4 is 0 Å². The number of carbonyl (C=O) groups is 1. The Morgan fingerprint density at radius 2 is 1.72 bits per heavy atom. The lowest BCUT2D eigenvalue weighted by atomic mass is 10.1. The van der Waals surface area contributed by atoms with Crippen LogP contribution in [-0.2, 0) is 21.4 Å². The van der Waals surface area contributed by atoms with E-state index in [1.54, 1.807) is 4.90 Å². The molecule has 1 fully saturated rings. The van der Waals surface area contributed by atoms with Crippen molar-refractivity contribution in [2.45, 2.75) is 24.2 Å². The molecule has 0 aliphatic carbocycles. The van der Waals surface area contributed by atoms with Crippen LogP contribution in [0.3, 0.4) is 0 Å². The molecule has 1 aromatic rings. The highest BCUT2D eigenvalue weighted by Crippen LogP contribution is 2.15. The van der Waals surface area contributed by atoms with Gasteiger partial charge < -0.3 is 4.90 Å². The molecule has 1 saturated heterocycles. The highest BCUT2D eigenvalue weighted by molar-refractivity contribution is 7.86. The van der Waals surface area contributed by atoms with E-state index in [1.807, 2.05) is 0 Å². The molecule has 6 heteroatoms. The molecule has 0 aromatic heterocycles.